The summed E-state index contributed by atoms with van der Waals surface area (Å²) in [5.74, 6) is 0.939. The van der Waals surface area contributed by atoms with E-state index >= 15 is 0 Å². The van der Waals surface area contributed by atoms with E-state index in [2.05, 4.69) is 37.4 Å². The van der Waals surface area contributed by atoms with Gasteiger partial charge in [-0.3, -0.25) is 0 Å². The van der Waals surface area contributed by atoms with Gasteiger partial charge in [0, 0.05) is 16.6 Å². The Kier molecular flexibility index (Phi) is 5.27. The summed E-state index contributed by atoms with van der Waals surface area (Å²) in [5.41, 5.74) is 4.88. The number of halogens is 1. The fourth-order valence-electron chi connectivity index (χ4n) is 2.80. The van der Waals surface area contributed by atoms with Crippen LogP contribution in [-0.4, -0.2) is 14.2 Å². The molecular formula is C18H22ClNO. The van der Waals surface area contributed by atoms with Crippen LogP contribution in [0.1, 0.15) is 28.3 Å². The summed E-state index contributed by atoms with van der Waals surface area (Å²) in [6.07, 6.45) is 0.872. The zero-order valence-electron chi connectivity index (χ0n) is 13.0. The van der Waals surface area contributed by atoms with Gasteiger partial charge in [-0.1, -0.05) is 29.8 Å². The van der Waals surface area contributed by atoms with Crippen LogP contribution in [0.5, 0.6) is 5.75 Å². The largest absolute Gasteiger partial charge is 0.496 e. The van der Waals surface area contributed by atoms with E-state index in [0.29, 0.717) is 0 Å². The molecule has 21 heavy (non-hydrogen) atoms. The molecule has 0 spiro atoms. The van der Waals surface area contributed by atoms with E-state index < -0.39 is 0 Å². The van der Waals surface area contributed by atoms with Crippen LogP contribution in [0.4, 0.5) is 0 Å². The molecule has 1 unspecified atom stereocenters. The van der Waals surface area contributed by atoms with Crippen LogP contribution < -0.4 is 10.1 Å². The monoisotopic (exact) mass is 303 g/mol. The second-order valence-corrected chi connectivity index (χ2v) is 5.81. The minimum atomic E-state index is 0.194. The SMILES string of the molecule is CNC(Cc1cccc(Cl)c1)c1c(C)cc(C)cc1OC. The van der Waals surface area contributed by atoms with Crippen molar-refractivity contribution in [1.82, 2.24) is 5.32 Å². The number of benzene rings is 2. The smallest absolute Gasteiger partial charge is 0.124 e. The van der Waals surface area contributed by atoms with Crippen LogP contribution >= 0.6 is 11.6 Å². The summed E-state index contributed by atoms with van der Waals surface area (Å²) >= 11 is 6.08. The highest BCUT2D eigenvalue weighted by molar-refractivity contribution is 6.30. The van der Waals surface area contributed by atoms with Crippen molar-refractivity contribution in [3.05, 3.63) is 63.7 Å². The lowest BCUT2D eigenvalue weighted by Gasteiger charge is -2.22. The average molecular weight is 304 g/mol. The van der Waals surface area contributed by atoms with Crippen molar-refractivity contribution < 1.29 is 4.74 Å². The Balaban J connectivity index is 2.37. The van der Waals surface area contributed by atoms with Crippen molar-refractivity contribution in [2.24, 2.45) is 0 Å². The molecule has 0 aliphatic carbocycles. The van der Waals surface area contributed by atoms with Crippen LogP contribution in [0.25, 0.3) is 0 Å². The third-order valence-electron chi connectivity index (χ3n) is 3.74. The van der Waals surface area contributed by atoms with Crippen molar-refractivity contribution >= 4 is 11.6 Å². The Hall–Kier alpha value is -1.51. The number of nitrogens with one attached hydrogen (secondary N) is 1. The molecule has 0 heterocycles. The molecule has 2 nitrogen and oxygen atoms in total. The van der Waals surface area contributed by atoms with Crippen LogP contribution in [0.15, 0.2) is 36.4 Å². The van der Waals surface area contributed by atoms with Crippen molar-refractivity contribution in [3.63, 3.8) is 0 Å². The van der Waals surface area contributed by atoms with Gasteiger partial charge in [0.15, 0.2) is 0 Å². The summed E-state index contributed by atoms with van der Waals surface area (Å²) in [5, 5.41) is 4.17. The molecule has 0 aliphatic heterocycles. The van der Waals surface area contributed by atoms with Crippen molar-refractivity contribution in [3.8, 4) is 5.75 Å². The van der Waals surface area contributed by atoms with E-state index in [0.717, 1.165) is 17.2 Å². The number of aryl methyl sites for hydroxylation is 2. The first-order valence-electron chi connectivity index (χ1n) is 7.12. The van der Waals surface area contributed by atoms with E-state index in [9.17, 15) is 0 Å². The standard InChI is InChI=1S/C18H22ClNO/c1-12-8-13(2)18(17(9-12)21-4)16(20-3)11-14-6-5-7-15(19)10-14/h5-10,16,20H,11H2,1-4H3. The summed E-state index contributed by atoms with van der Waals surface area (Å²) in [6.45, 7) is 4.22. The second-order valence-electron chi connectivity index (χ2n) is 5.37. The lowest BCUT2D eigenvalue weighted by Crippen LogP contribution is -2.20. The van der Waals surface area contributed by atoms with Gasteiger partial charge in [0.1, 0.15) is 5.75 Å². The first-order valence-corrected chi connectivity index (χ1v) is 7.49. The number of hydrogen-bond acceptors (Lipinski definition) is 2. The molecule has 1 N–H and O–H groups in total. The zero-order valence-corrected chi connectivity index (χ0v) is 13.8. The summed E-state index contributed by atoms with van der Waals surface area (Å²) in [7, 11) is 3.71. The highest BCUT2D eigenvalue weighted by Gasteiger charge is 2.18. The van der Waals surface area contributed by atoms with E-state index in [4.69, 9.17) is 16.3 Å². The topological polar surface area (TPSA) is 21.3 Å². The zero-order chi connectivity index (χ0) is 15.4. The van der Waals surface area contributed by atoms with Gasteiger partial charge in [0.25, 0.3) is 0 Å². The quantitative estimate of drug-likeness (QED) is 0.880. The first kappa shape index (κ1) is 15.9. The number of rotatable bonds is 5. The number of likely N-dealkylation sites (N-methyl/N-ethyl adjacent to an activating group) is 1. The molecule has 112 valence electrons. The molecule has 2 rings (SSSR count). The van der Waals surface area contributed by atoms with Gasteiger partial charge in [-0.2, -0.15) is 0 Å². The fraction of sp³-hybridized carbons (Fsp3) is 0.333. The maximum absolute atomic E-state index is 6.08. The molecule has 1 atom stereocenters. The lowest BCUT2D eigenvalue weighted by molar-refractivity contribution is 0.400. The third-order valence-corrected chi connectivity index (χ3v) is 3.97. The molecule has 0 bridgehead atoms. The number of ether oxygens (including phenoxy) is 1. The normalized spacial score (nSPS) is 12.2. The van der Waals surface area contributed by atoms with E-state index in [-0.39, 0.29) is 6.04 Å². The second kappa shape index (κ2) is 6.97. The van der Waals surface area contributed by atoms with E-state index in [1.165, 1.54) is 22.3 Å². The molecule has 2 aromatic carbocycles. The Morgan fingerprint density at radius 1 is 1.19 bits per heavy atom. The predicted octanol–water partition coefficient (Wildman–Crippen LogP) is 4.47. The van der Waals surface area contributed by atoms with Gasteiger partial charge in [-0.15, -0.1) is 0 Å². The van der Waals surface area contributed by atoms with Crippen LogP contribution in [-0.2, 0) is 6.42 Å². The highest BCUT2D eigenvalue weighted by atomic mass is 35.5. The molecule has 3 heteroatoms. The van der Waals surface area contributed by atoms with Crippen molar-refractivity contribution in [2.75, 3.05) is 14.2 Å². The van der Waals surface area contributed by atoms with Crippen LogP contribution in [0.3, 0.4) is 0 Å². The Bertz CT molecular complexity index is 625. The number of methoxy groups -OCH3 is 1. The Morgan fingerprint density at radius 3 is 2.57 bits per heavy atom. The Morgan fingerprint density at radius 2 is 1.95 bits per heavy atom. The van der Waals surface area contributed by atoms with Crippen LogP contribution in [0, 0.1) is 13.8 Å². The van der Waals surface area contributed by atoms with E-state index in [1.807, 2.05) is 25.2 Å². The van der Waals surface area contributed by atoms with Crippen LogP contribution in [0.2, 0.25) is 5.02 Å². The summed E-state index contributed by atoms with van der Waals surface area (Å²) < 4.78 is 5.59. The first-order chi connectivity index (χ1) is 10.0. The molecule has 0 amide bonds. The summed E-state index contributed by atoms with van der Waals surface area (Å²) in [6, 6.07) is 12.5. The molecular weight excluding hydrogens is 282 g/mol. The van der Waals surface area contributed by atoms with Gasteiger partial charge < -0.3 is 10.1 Å². The average Bonchev–Trinajstić information content (AvgIpc) is 2.44. The molecule has 0 radical (unpaired) electrons. The van der Waals surface area contributed by atoms with Crippen molar-refractivity contribution in [2.45, 2.75) is 26.3 Å². The Labute approximate surface area is 132 Å². The lowest BCUT2D eigenvalue weighted by atomic mass is 9.93. The van der Waals surface area contributed by atoms with Gasteiger partial charge in [0.2, 0.25) is 0 Å². The molecule has 0 saturated carbocycles. The molecule has 2 aromatic rings. The maximum atomic E-state index is 6.08. The maximum Gasteiger partial charge on any atom is 0.124 e. The number of hydrogen-bond donors (Lipinski definition) is 1. The van der Waals surface area contributed by atoms with Gasteiger partial charge in [0.05, 0.1) is 7.11 Å². The van der Waals surface area contributed by atoms with E-state index in [1.54, 1.807) is 7.11 Å². The highest BCUT2D eigenvalue weighted by Crippen LogP contribution is 2.32. The predicted molar refractivity (Wildman–Crippen MR) is 89.4 cm³/mol. The van der Waals surface area contributed by atoms with Gasteiger partial charge >= 0.3 is 0 Å². The molecule has 0 aliphatic rings. The van der Waals surface area contributed by atoms with Crippen molar-refractivity contribution in [1.29, 1.82) is 0 Å². The molecule has 0 saturated heterocycles. The molecule has 0 fully saturated rings. The van der Waals surface area contributed by atoms with Gasteiger partial charge in [-0.25, -0.2) is 0 Å². The minimum Gasteiger partial charge on any atom is -0.496 e. The third kappa shape index (κ3) is 3.78. The minimum absolute atomic E-state index is 0.194. The van der Waals surface area contributed by atoms with Gasteiger partial charge in [-0.05, 0) is 62.2 Å². The summed E-state index contributed by atoms with van der Waals surface area (Å²) in [4.78, 5) is 0. The fourth-order valence-corrected chi connectivity index (χ4v) is 3.02. The molecule has 0 aromatic heterocycles.